The Morgan fingerprint density at radius 2 is 1.73 bits per heavy atom. The first-order valence-corrected chi connectivity index (χ1v) is 10.1. The number of carbonyl (C=O) groups excluding carboxylic acids is 1. The predicted octanol–water partition coefficient (Wildman–Crippen LogP) is 5.18. The third-order valence-corrected chi connectivity index (χ3v) is 5.40. The standard InChI is InChI=1S/C26H25N3O/c1-18-7-10-23(11-8-18)29-26-12-9-21(13-22(26)16-28-29)15-27-17-24(30)14-25-19(2)5-4-6-20(25)3/h4-13,15-16H,14,17H2,1-3H3. The summed E-state index contributed by atoms with van der Waals surface area (Å²) in [6.45, 7) is 6.35. The van der Waals surface area contributed by atoms with E-state index in [1.165, 1.54) is 5.56 Å². The number of rotatable bonds is 6. The van der Waals surface area contributed by atoms with E-state index in [2.05, 4.69) is 41.3 Å². The smallest absolute Gasteiger partial charge is 0.158 e. The summed E-state index contributed by atoms with van der Waals surface area (Å²) in [5.74, 6) is 0.122. The van der Waals surface area contributed by atoms with Crippen molar-refractivity contribution in [2.75, 3.05) is 6.54 Å². The van der Waals surface area contributed by atoms with Crippen molar-refractivity contribution in [3.63, 3.8) is 0 Å². The molecule has 0 aliphatic heterocycles. The zero-order valence-corrected chi connectivity index (χ0v) is 17.6. The molecule has 150 valence electrons. The maximum Gasteiger partial charge on any atom is 0.158 e. The van der Waals surface area contributed by atoms with Gasteiger partial charge in [-0.2, -0.15) is 5.10 Å². The average Bonchev–Trinajstić information content (AvgIpc) is 3.15. The SMILES string of the molecule is Cc1ccc(-n2ncc3cc(C=NCC(=O)Cc4c(C)cccc4C)ccc32)cc1. The summed E-state index contributed by atoms with van der Waals surface area (Å²) in [6.07, 6.45) is 4.06. The van der Waals surface area contributed by atoms with Crippen LogP contribution >= 0.6 is 0 Å². The minimum atomic E-state index is 0.122. The molecular formula is C26H25N3O. The summed E-state index contributed by atoms with van der Waals surface area (Å²) in [5, 5.41) is 5.57. The van der Waals surface area contributed by atoms with Crippen molar-refractivity contribution >= 4 is 22.9 Å². The Balaban J connectivity index is 1.46. The molecule has 0 aliphatic carbocycles. The fourth-order valence-corrected chi connectivity index (χ4v) is 3.66. The van der Waals surface area contributed by atoms with E-state index < -0.39 is 0 Å². The summed E-state index contributed by atoms with van der Waals surface area (Å²) in [5.41, 5.74) is 7.69. The molecule has 0 saturated carbocycles. The highest BCUT2D eigenvalue weighted by atomic mass is 16.1. The van der Waals surface area contributed by atoms with Crippen molar-refractivity contribution < 1.29 is 4.79 Å². The first-order valence-electron chi connectivity index (χ1n) is 10.1. The number of hydrogen-bond donors (Lipinski definition) is 0. The lowest BCUT2D eigenvalue weighted by molar-refractivity contribution is -0.117. The highest BCUT2D eigenvalue weighted by molar-refractivity contribution is 5.91. The highest BCUT2D eigenvalue weighted by Crippen LogP contribution is 2.20. The second-order valence-corrected chi connectivity index (χ2v) is 7.77. The van der Waals surface area contributed by atoms with Crippen LogP contribution in [-0.4, -0.2) is 28.3 Å². The summed E-state index contributed by atoms with van der Waals surface area (Å²) in [6, 6.07) is 20.5. The van der Waals surface area contributed by atoms with Crippen LogP contribution in [0, 0.1) is 20.8 Å². The van der Waals surface area contributed by atoms with Gasteiger partial charge in [-0.3, -0.25) is 9.79 Å². The van der Waals surface area contributed by atoms with E-state index in [4.69, 9.17) is 0 Å². The Bertz CT molecular complexity index is 1210. The maximum atomic E-state index is 12.4. The third-order valence-electron chi connectivity index (χ3n) is 5.40. The molecule has 0 saturated heterocycles. The largest absolute Gasteiger partial charge is 0.297 e. The van der Waals surface area contributed by atoms with Crippen molar-refractivity contribution in [3.05, 3.63) is 94.7 Å². The van der Waals surface area contributed by atoms with E-state index in [0.29, 0.717) is 6.42 Å². The van der Waals surface area contributed by atoms with Crippen LogP contribution in [0.25, 0.3) is 16.6 Å². The first-order chi connectivity index (χ1) is 14.5. The van der Waals surface area contributed by atoms with Gasteiger partial charge in [0.15, 0.2) is 5.78 Å². The maximum absolute atomic E-state index is 12.4. The Labute approximate surface area is 176 Å². The minimum Gasteiger partial charge on any atom is -0.297 e. The van der Waals surface area contributed by atoms with E-state index in [1.54, 1.807) is 6.21 Å². The van der Waals surface area contributed by atoms with Crippen LogP contribution in [0.15, 0.2) is 71.9 Å². The highest BCUT2D eigenvalue weighted by Gasteiger charge is 2.08. The lowest BCUT2D eigenvalue weighted by Gasteiger charge is -2.07. The van der Waals surface area contributed by atoms with Crippen LogP contribution in [0.3, 0.4) is 0 Å². The van der Waals surface area contributed by atoms with Crippen molar-refractivity contribution in [2.24, 2.45) is 4.99 Å². The number of aromatic nitrogens is 2. The molecule has 1 aromatic heterocycles. The number of nitrogens with zero attached hydrogens (tertiary/aromatic N) is 3. The van der Waals surface area contributed by atoms with Crippen molar-refractivity contribution in [2.45, 2.75) is 27.2 Å². The first kappa shape index (κ1) is 19.8. The summed E-state index contributed by atoms with van der Waals surface area (Å²) >= 11 is 0. The van der Waals surface area contributed by atoms with Crippen molar-refractivity contribution in [3.8, 4) is 5.69 Å². The fourth-order valence-electron chi connectivity index (χ4n) is 3.66. The van der Waals surface area contributed by atoms with Gasteiger partial charge < -0.3 is 0 Å². The molecule has 0 spiro atoms. The molecule has 1 heterocycles. The van der Waals surface area contributed by atoms with E-state index in [-0.39, 0.29) is 12.3 Å². The summed E-state index contributed by atoms with van der Waals surface area (Å²) in [4.78, 5) is 16.8. The molecule has 3 aromatic carbocycles. The molecule has 4 heteroatoms. The number of hydrogen-bond acceptors (Lipinski definition) is 3. The average molecular weight is 396 g/mol. The number of aliphatic imine (C=N–C) groups is 1. The molecule has 0 aliphatic rings. The summed E-state index contributed by atoms with van der Waals surface area (Å²) < 4.78 is 1.93. The van der Waals surface area contributed by atoms with Crippen LogP contribution in [0.2, 0.25) is 0 Å². The second-order valence-electron chi connectivity index (χ2n) is 7.77. The molecule has 0 atom stereocenters. The molecule has 0 bridgehead atoms. The van der Waals surface area contributed by atoms with Gasteiger partial charge in [0.25, 0.3) is 0 Å². The van der Waals surface area contributed by atoms with Crippen LogP contribution in [0.4, 0.5) is 0 Å². The zero-order chi connectivity index (χ0) is 21.1. The van der Waals surface area contributed by atoms with E-state index in [0.717, 1.165) is 38.8 Å². The van der Waals surface area contributed by atoms with Gasteiger partial charge in [-0.15, -0.1) is 0 Å². The summed E-state index contributed by atoms with van der Waals surface area (Å²) in [7, 11) is 0. The molecule has 0 fully saturated rings. The third kappa shape index (κ3) is 4.23. The molecule has 4 rings (SSSR count). The molecule has 4 nitrogen and oxygen atoms in total. The molecule has 0 amide bonds. The van der Waals surface area contributed by atoms with Gasteiger partial charge in [-0.25, -0.2) is 4.68 Å². The van der Waals surface area contributed by atoms with Gasteiger partial charge in [-0.05, 0) is 67.3 Å². The van der Waals surface area contributed by atoms with Gasteiger partial charge in [0.1, 0.15) is 0 Å². The van der Waals surface area contributed by atoms with Gasteiger partial charge in [0, 0.05) is 18.0 Å². The Kier molecular flexibility index (Phi) is 5.57. The predicted molar refractivity (Wildman–Crippen MR) is 123 cm³/mol. The number of Topliss-reactive ketones (excluding diaryl/α,β-unsaturated/α-hetero) is 1. The normalized spacial score (nSPS) is 11.4. The van der Waals surface area contributed by atoms with Crippen LogP contribution < -0.4 is 0 Å². The lowest BCUT2D eigenvalue weighted by Crippen LogP contribution is -2.09. The second kappa shape index (κ2) is 8.46. The van der Waals surface area contributed by atoms with Crippen molar-refractivity contribution in [1.29, 1.82) is 0 Å². The molecule has 30 heavy (non-hydrogen) atoms. The zero-order valence-electron chi connectivity index (χ0n) is 17.6. The van der Waals surface area contributed by atoms with Gasteiger partial charge in [0.05, 0.1) is 23.9 Å². The van der Waals surface area contributed by atoms with Crippen LogP contribution in [0.5, 0.6) is 0 Å². The molecule has 4 aromatic rings. The molecule has 0 N–H and O–H groups in total. The molecule has 0 unspecified atom stereocenters. The minimum absolute atomic E-state index is 0.122. The van der Waals surface area contributed by atoms with E-state index in [9.17, 15) is 4.79 Å². The van der Waals surface area contributed by atoms with Crippen LogP contribution in [0.1, 0.15) is 27.8 Å². The Morgan fingerprint density at radius 1 is 1.00 bits per heavy atom. The quantitative estimate of drug-likeness (QED) is 0.422. The number of carbonyl (C=O) groups is 1. The van der Waals surface area contributed by atoms with Gasteiger partial charge in [0.2, 0.25) is 0 Å². The molecule has 0 radical (unpaired) electrons. The fraction of sp³-hybridized carbons (Fsp3) is 0.192. The monoisotopic (exact) mass is 395 g/mol. The Morgan fingerprint density at radius 3 is 2.47 bits per heavy atom. The lowest BCUT2D eigenvalue weighted by atomic mass is 9.98. The topological polar surface area (TPSA) is 47.2 Å². The number of benzene rings is 3. The van der Waals surface area contributed by atoms with E-state index >= 15 is 0 Å². The van der Waals surface area contributed by atoms with Crippen LogP contribution in [-0.2, 0) is 11.2 Å². The van der Waals surface area contributed by atoms with E-state index in [1.807, 2.05) is 61.1 Å². The number of ketones is 1. The Hall–Kier alpha value is -3.53. The number of fused-ring (bicyclic) bond motifs is 1. The van der Waals surface area contributed by atoms with Gasteiger partial charge in [-0.1, -0.05) is 42.0 Å². The van der Waals surface area contributed by atoms with Crippen molar-refractivity contribution in [1.82, 2.24) is 9.78 Å². The molecular weight excluding hydrogens is 370 g/mol. The number of aryl methyl sites for hydroxylation is 3. The van der Waals surface area contributed by atoms with Gasteiger partial charge >= 0.3 is 0 Å².